The Morgan fingerprint density at radius 1 is 1.23 bits per heavy atom. The molecule has 158 valence electrons. The van der Waals surface area contributed by atoms with Crippen molar-refractivity contribution in [3.63, 3.8) is 0 Å². The Kier molecular flexibility index (Phi) is 6.93. The number of nitrogens with two attached hydrogens (primary N) is 1. The van der Waals surface area contributed by atoms with Crippen molar-refractivity contribution in [2.24, 2.45) is 5.73 Å². The number of nitrogen functional groups attached to an aromatic ring is 1. The number of rotatable bonds is 7. The highest BCUT2D eigenvalue weighted by Gasteiger charge is 2.39. The van der Waals surface area contributed by atoms with Gasteiger partial charge < -0.3 is 30.5 Å². The fraction of sp³-hybridized carbons (Fsp3) is 0.250. The van der Waals surface area contributed by atoms with Gasteiger partial charge in [-0.15, -0.1) is 0 Å². The summed E-state index contributed by atoms with van der Waals surface area (Å²) in [4.78, 5) is 26.8. The first kappa shape index (κ1) is 21.6. The topological polar surface area (TPSA) is 141 Å². The second-order valence-corrected chi connectivity index (χ2v) is 7.17. The van der Waals surface area contributed by atoms with Gasteiger partial charge in [0.05, 0.1) is 6.61 Å². The number of hydrogen-bond acceptors (Lipinski definition) is 7. The Labute approximate surface area is 178 Å². The highest BCUT2D eigenvalue weighted by atomic mass is 32.2. The number of nitrogens with zero attached hydrogens (tertiary/aromatic N) is 1. The second kappa shape index (κ2) is 9.61. The first-order valence-electron chi connectivity index (χ1n) is 9.16. The van der Waals surface area contributed by atoms with E-state index >= 15 is 0 Å². The van der Waals surface area contributed by atoms with E-state index in [4.69, 9.17) is 15.9 Å². The molecule has 0 bridgehead atoms. The van der Waals surface area contributed by atoms with Crippen LogP contribution in [0.15, 0.2) is 48.5 Å². The van der Waals surface area contributed by atoms with E-state index in [1.54, 1.807) is 36.4 Å². The minimum atomic E-state index is -1.68. The van der Waals surface area contributed by atoms with Crippen molar-refractivity contribution in [3.05, 3.63) is 54.1 Å². The van der Waals surface area contributed by atoms with E-state index in [9.17, 15) is 14.7 Å². The number of aliphatic hydroxyl groups is 1. The molecule has 1 fully saturated rings. The van der Waals surface area contributed by atoms with Crippen molar-refractivity contribution in [3.8, 4) is 0 Å². The summed E-state index contributed by atoms with van der Waals surface area (Å²) >= 11 is 1.46. The molecule has 10 heteroatoms. The molecule has 0 spiro atoms. The summed E-state index contributed by atoms with van der Waals surface area (Å²) < 4.78 is 8.51. The summed E-state index contributed by atoms with van der Waals surface area (Å²) in [5.74, 6) is -1.34. The highest BCUT2D eigenvalue weighted by molar-refractivity contribution is 7.99. The molecule has 3 rings (SSSR count). The normalized spacial score (nSPS) is 17.3. The van der Waals surface area contributed by atoms with Crippen LogP contribution in [-0.2, 0) is 14.3 Å². The minimum Gasteiger partial charge on any atom is -0.384 e. The number of amidine groups is 1. The zero-order valence-electron chi connectivity index (χ0n) is 16.3. The van der Waals surface area contributed by atoms with Crippen LogP contribution in [0.1, 0.15) is 5.56 Å². The summed E-state index contributed by atoms with van der Waals surface area (Å²) in [5.41, 5.74) is 7.88. The van der Waals surface area contributed by atoms with Gasteiger partial charge in [0.2, 0.25) is 0 Å². The monoisotopic (exact) mass is 429 g/mol. The molecule has 1 heterocycles. The molecular formula is C20H23N5O4S. The molecule has 0 aliphatic carbocycles. The SMILES string of the molecule is CSNc1ccc(N2CCO[C@H]([C@@H](O)C(=O)Nc3ccc(C(=N)N)cc3)C2=O)cc1. The van der Waals surface area contributed by atoms with E-state index in [1.807, 2.05) is 18.4 Å². The molecule has 2 aromatic carbocycles. The summed E-state index contributed by atoms with van der Waals surface area (Å²) in [7, 11) is 0. The molecule has 2 atom stereocenters. The van der Waals surface area contributed by atoms with E-state index in [2.05, 4.69) is 10.0 Å². The maximum Gasteiger partial charge on any atom is 0.259 e. The molecule has 1 saturated heterocycles. The minimum absolute atomic E-state index is 0.0912. The molecule has 0 saturated carbocycles. The maximum absolute atomic E-state index is 12.9. The highest BCUT2D eigenvalue weighted by Crippen LogP contribution is 2.23. The third kappa shape index (κ3) is 4.90. The quantitative estimate of drug-likeness (QED) is 0.254. The average Bonchev–Trinajstić information content (AvgIpc) is 2.75. The van der Waals surface area contributed by atoms with Gasteiger partial charge in [0.1, 0.15) is 5.84 Å². The van der Waals surface area contributed by atoms with Crippen molar-refractivity contribution in [1.29, 1.82) is 5.41 Å². The molecule has 0 unspecified atom stereocenters. The number of carbonyl (C=O) groups excluding carboxylic acids is 2. The van der Waals surface area contributed by atoms with Crippen molar-refractivity contribution >= 4 is 46.7 Å². The number of nitrogens with one attached hydrogen (secondary N) is 3. The van der Waals surface area contributed by atoms with Crippen molar-refractivity contribution in [2.45, 2.75) is 12.2 Å². The summed E-state index contributed by atoms with van der Waals surface area (Å²) in [5, 5.41) is 20.4. The van der Waals surface area contributed by atoms with E-state index in [0.717, 1.165) is 5.69 Å². The molecule has 1 aliphatic heterocycles. The molecule has 0 aromatic heterocycles. The Hall–Kier alpha value is -3.08. The lowest BCUT2D eigenvalue weighted by Gasteiger charge is -2.34. The van der Waals surface area contributed by atoms with E-state index < -0.39 is 24.0 Å². The van der Waals surface area contributed by atoms with Gasteiger partial charge in [-0.25, -0.2) is 0 Å². The Morgan fingerprint density at radius 3 is 2.47 bits per heavy atom. The summed E-state index contributed by atoms with van der Waals surface area (Å²) in [6.45, 7) is 0.518. The van der Waals surface area contributed by atoms with Crippen molar-refractivity contribution in [2.75, 3.05) is 34.3 Å². The fourth-order valence-corrected chi connectivity index (χ4v) is 3.37. The van der Waals surface area contributed by atoms with Crippen LogP contribution in [0.25, 0.3) is 0 Å². The predicted molar refractivity (Wildman–Crippen MR) is 118 cm³/mol. The number of anilines is 3. The first-order chi connectivity index (χ1) is 14.4. The smallest absolute Gasteiger partial charge is 0.259 e. The Bertz CT molecular complexity index is 920. The fourth-order valence-electron chi connectivity index (χ4n) is 3.00. The lowest BCUT2D eigenvalue weighted by Crippen LogP contribution is -2.55. The van der Waals surface area contributed by atoms with Crippen LogP contribution < -0.4 is 20.7 Å². The maximum atomic E-state index is 12.9. The zero-order chi connectivity index (χ0) is 21.7. The molecular weight excluding hydrogens is 406 g/mol. The summed E-state index contributed by atoms with van der Waals surface area (Å²) in [6.07, 6.45) is -1.07. The number of carbonyl (C=O) groups is 2. The number of ether oxygens (including phenoxy) is 1. The molecule has 9 nitrogen and oxygen atoms in total. The van der Waals surface area contributed by atoms with Gasteiger partial charge in [0, 0.05) is 35.4 Å². The number of amides is 2. The van der Waals surface area contributed by atoms with Crippen LogP contribution in [0.2, 0.25) is 0 Å². The van der Waals surface area contributed by atoms with Gasteiger partial charge in [-0.05, 0) is 48.5 Å². The second-order valence-electron chi connectivity index (χ2n) is 6.56. The molecule has 1 aliphatic rings. The van der Waals surface area contributed by atoms with E-state index in [0.29, 0.717) is 23.5 Å². The lowest BCUT2D eigenvalue weighted by molar-refractivity contribution is -0.150. The van der Waals surface area contributed by atoms with Gasteiger partial charge in [0.15, 0.2) is 12.2 Å². The molecule has 6 N–H and O–H groups in total. The van der Waals surface area contributed by atoms with E-state index in [-0.39, 0.29) is 12.4 Å². The number of hydrogen-bond donors (Lipinski definition) is 5. The molecule has 2 amide bonds. The van der Waals surface area contributed by atoms with Gasteiger partial charge in [-0.3, -0.25) is 15.0 Å². The average molecular weight is 430 g/mol. The van der Waals surface area contributed by atoms with Crippen molar-refractivity contribution < 1.29 is 19.4 Å². The zero-order valence-corrected chi connectivity index (χ0v) is 17.1. The summed E-state index contributed by atoms with van der Waals surface area (Å²) in [6, 6.07) is 13.5. The number of benzene rings is 2. The van der Waals surface area contributed by atoms with Crippen LogP contribution in [-0.4, -0.2) is 54.4 Å². The molecule has 30 heavy (non-hydrogen) atoms. The Balaban J connectivity index is 1.67. The third-order valence-electron chi connectivity index (χ3n) is 4.54. The third-order valence-corrected chi connectivity index (χ3v) is 4.98. The van der Waals surface area contributed by atoms with Gasteiger partial charge in [0.25, 0.3) is 11.8 Å². The van der Waals surface area contributed by atoms with Gasteiger partial charge in [-0.2, -0.15) is 0 Å². The first-order valence-corrected chi connectivity index (χ1v) is 10.4. The standard InChI is InChI=1S/C20H23N5O4S/c1-30-24-14-6-8-15(9-7-14)25-10-11-29-17(20(25)28)16(26)19(27)23-13-4-2-12(3-5-13)18(21)22/h2-9,16-17,24,26H,10-11H2,1H3,(H3,21,22)(H,23,27)/t16-,17-/m1/s1. The van der Waals surface area contributed by atoms with Crippen LogP contribution in [0, 0.1) is 5.41 Å². The van der Waals surface area contributed by atoms with Crippen LogP contribution in [0.4, 0.5) is 17.1 Å². The number of morpholine rings is 1. The van der Waals surface area contributed by atoms with E-state index in [1.165, 1.54) is 16.8 Å². The van der Waals surface area contributed by atoms with Gasteiger partial charge in [-0.1, -0.05) is 11.9 Å². The Morgan fingerprint density at radius 2 is 1.87 bits per heavy atom. The molecule has 0 radical (unpaired) electrons. The van der Waals surface area contributed by atoms with Crippen LogP contribution >= 0.6 is 11.9 Å². The largest absolute Gasteiger partial charge is 0.384 e. The van der Waals surface area contributed by atoms with Gasteiger partial charge >= 0.3 is 0 Å². The van der Waals surface area contributed by atoms with Crippen LogP contribution in [0.5, 0.6) is 0 Å². The molecule has 2 aromatic rings. The van der Waals surface area contributed by atoms with Crippen molar-refractivity contribution in [1.82, 2.24) is 0 Å². The predicted octanol–water partition coefficient (Wildman–Crippen LogP) is 1.39. The van der Waals surface area contributed by atoms with Crippen LogP contribution in [0.3, 0.4) is 0 Å². The number of aliphatic hydroxyl groups excluding tert-OH is 1. The lowest BCUT2D eigenvalue weighted by atomic mass is 10.1.